The molecule has 1 saturated heterocycles. The summed E-state index contributed by atoms with van der Waals surface area (Å²) in [4.78, 5) is 12.1. The predicted molar refractivity (Wildman–Crippen MR) is 82.5 cm³/mol. The van der Waals surface area contributed by atoms with Gasteiger partial charge in [0.2, 0.25) is 5.91 Å². The molecular formula is C15H23ClN2O2. The molecule has 1 aromatic carbocycles. The van der Waals surface area contributed by atoms with E-state index in [1.165, 1.54) is 0 Å². The topological polar surface area (TPSA) is 50.4 Å². The zero-order valence-electron chi connectivity index (χ0n) is 12.1. The molecule has 1 amide bonds. The summed E-state index contributed by atoms with van der Waals surface area (Å²) in [7, 11) is 1.67. The summed E-state index contributed by atoms with van der Waals surface area (Å²) >= 11 is 0. The number of hydrogen-bond donors (Lipinski definition) is 2. The second-order valence-electron chi connectivity index (χ2n) is 5.31. The van der Waals surface area contributed by atoms with Gasteiger partial charge in [0, 0.05) is 13.1 Å². The molecule has 0 bridgehead atoms. The van der Waals surface area contributed by atoms with E-state index in [2.05, 4.69) is 10.6 Å². The Bertz CT molecular complexity index is 445. The first kappa shape index (κ1) is 16.8. The van der Waals surface area contributed by atoms with Gasteiger partial charge in [0.1, 0.15) is 5.75 Å². The molecule has 4 nitrogen and oxygen atoms in total. The van der Waals surface area contributed by atoms with Gasteiger partial charge in [-0.2, -0.15) is 0 Å². The van der Waals surface area contributed by atoms with Gasteiger partial charge in [-0.1, -0.05) is 18.2 Å². The monoisotopic (exact) mass is 298 g/mol. The number of benzene rings is 1. The van der Waals surface area contributed by atoms with E-state index in [0.717, 1.165) is 37.2 Å². The molecule has 1 aromatic rings. The normalized spacial score (nSPS) is 21.1. The van der Waals surface area contributed by atoms with Gasteiger partial charge >= 0.3 is 0 Å². The van der Waals surface area contributed by atoms with Crippen molar-refractivity contribution in [2.75, 3.05) is 26.7 Å². The van der Waals surface area contributed by atoms with Gasteiger partial charge in [-0.15, -0.1) is 12.4 Å². The molecule has 1 heterocycles. The van der Waals surface area contributed by atoms with E-state index in [1.54, 1.807) is 7.11 Å². The molecule has 0 aliphatic carbocycles. The van der Waals surface area contributed by atoms with Crippen LogP contribution in [0, 0.1) is 5.41 Å². The Balaban J connectivity index is 0.00000200. The number of rotatable bonds is 5. The molecule has 0 spiro atoms. The zero-order chi connectivity index (χ0) is 13.7. The molecule has 1 atom stereocenters. The van der Waals surface area contributed by atoms with E-state index < -0.39 is 0 Å². The maximum atomic E-state index is 12.1. The SMILES string of the molecule is COc1ccccc1CCNC(=O)C1(C)CCNC1.Cl. The second-order valence-corrected chi connectivity index (χ2v) is 5.31. The van der Waals surface area contributed by atoms with Crippen LogP contribution in [0.4, 0.5) is 0 Å². The largest absolute Gasteiger partial charge is 0.496 e. The summed E-state index contributed by atoms with van der Waals surface area (Å²) in [6.07, 6.45) is 1.70. The Morgan fingerprint density at radius 3 is 2.85 bits per heavy atom. The van der Waals surface area contributed by atoms with E-state index in [0.29, 0.717) is 6.54 Å². The molecule has 0 aromatic heterocycles. The quantitative estimate of drug-likeness (QED) is 0.871. The van der Waals surface area contributed by atoms with Gasteiger partial charge in [-0.05, 0) is 37.9 Å². The Morgan fingerprint density at radius 2 is 2.20 bits per heavy atom. The van der Waals surface area contributed by atoms with Crippen LogP contribution in [0.5, 0.6) is 5.75 Å². The summed E-state index contributed by atoms with van der Waals surface area (Å²) in [6, 6.07) is 7.91. The lowest BCUT2D eigenvalue weighted by atomic mass is 9.89. The third-order valence-corrected chi connectivity index (χ3v) is 3.79. The fraction of sp³-hybridized carbons (Fsp3) is 0.533. The zero-order valence-corrected chi connectivity index (χ0v) is 12.9. The molecule has 0 radical (unpaired) electrons. The van der Waals surface area contributed by atoms with Gasteiger partial charge in [-0.25, -0.2) is 0 Å². The van der Waals surface area contributed by atoms with Gasteiger partial charge in [-0.3, -0.25) is 4.79 Å². The number of nitrogens with one attached hydrogen (secondary N) is 2. The third kappa shape index (κ3) is 3.87. The number of halogens is 1. The Kier molecular flexibility index (Phi) is 6.30. The Morgan fingerprint density at radius 1 is 1.45 bits per heavy atom. The van der Waals surface area contributed by atoms with Crippen molar-refractivity contribution in [1.82, 2.24) is 10.6 Å². The van der Waals surface area contributed by atoms with Crippen LogP contribution in [0.1, 0.15) is 18.9 Å². The number of methoxy groups -OCH3 is 1. The molecule has 20 heavy (non-hydrogen) atoms. The molecule has 2 N–H and O–H groups in total. The molecule has 1 aliphatic rings. The van der Waals surface area contributed by atoms with Gasteiger partial charge in [0.05, 0.1) is 12.5 Å². The summed E-state index contributed by atoms with van der Waals surface area (Å²) in [5, 5.41) is 6.27. The van der Waals surface area contributed by atoms with Crippen LogP contribution in [0.25, 0.3) is 0 Å². The number of amides is 1. The number of carbonyl (C=O) groups is 1. The summed E-state index contributed by atoms with van der Waals surface area (Å²) in [5.74, 6) is 1.03. The standard InChI is InChI=1S/C15H22N2O2.ClH/c1-15(8-10-16-11-15)14(18)17-9-7-12-5-3-4-6-13(12)19-2;/h3-6,16H,7-11H2,1-2H3,(H,17,18);1H. The van der Waals surface area contributed by atoms with E-state index in [1.807, 2.05) is 31.2 Å². The van der Waals surface area contributed by atoms with Crippen molar-refractivity contribution in [3.05, 3.63) is 29.8 Å². The van der Waals surface area contributed by atoms with Crippen molar-refractivity contribution >= 4 is 18.3 Å². The smallest absolute Gasteiger partial charge is 0.227 e. The van der Waals surface area contributed by atoms with E-state index >= 15 is 0 Å². The highest BCUT2D eigenvalue weighted by atomic mass is 35.5. The van der Waals surface area contributed by atoms with E-state index in [-0.39, 0.29) is 23.7 Å². The minimum Gasteiger partial charge on any atom is -0.496 e. The first-order chi connectivity index (χ1) is 9.15. The molecule has 1 aliphatic heterocycles. The number of ether oxygens (including phenoxy) is 1. The van der Waals surface area contributed by atoms with E-state index in [9.17, 15) is 4.79 Å². The summed E-state index contributed by atoms with van der Waals surface area (Å²) in [6.45, 7) is 4.37. The number of hydrogen-bond acceptors (Lipinski definition) is 3. The van der Waals surface area contributed by atoms with E-state index in [4.69, 9.17) is 4.74 Å². The van der Waals surface area contributed by atoms with Crippen molar-refractivity contribution < 1.29 is 9.53 Å². The average molecular weight is 299 g/mol. The fourth-order valence-corrected chi connectivity index (χ4v) is 2.44. The molecule has 2 rings (SSSR count). The molecule has 1 fully saturated rings. The van der Waals surface area contributed by atoms with Gasteiger partial charge in [0.25, 0.3) is 0 Å². The average Bonchev–Trinajstić information content (AvgIpc) is 2.87. The Labute approximate surface area is 126 Å². The van der Waals surface area contributed by atoms with Crippen molar-refractivity contribution in [2.24, 2.45) is 5.41 Å². The highest BCUT2D eigenvalue weighted by Gasteiger charge is 2.35. The molecule has 1 unspecified atom stereocenters. The second kappa shape index (κ2) is 7.50. The molecule has 112 valence electrons. The van der Waals surface area contributed by atoms with Crippen molar-refractivity contribution in [3.8, 4) is 5.75 Å². The summed E-state index contributed by atoms with van der Waals surface area (Å²) < 4.78 is 5.30. The van der Waals surface area contributed by atoms with Gasteiger partial charge in [0.15, 0.2) is 0 Å². The lowest BCUT2D eigenvalue weighted by Gasteiger charge is -2.21. The lowest BCUT2D eigenvalue weighted by molar-refractivity contribution is -0.129. The first-order valence-electron chi connectivity index (χ1n) is 6.77. The highest BCUT2D eigenvalue weighted by Crippen LogP contribution is 2.24. The molecular weight excluding hydrogens is 276 g/mol. The van der Waals surface area contributed by atoms with Crippen molar-refractivity contribution in [3.63, 3.8) is 0 Å². The van der Waals surface area contributed by atoms with Crippen molar-refractivity contribution in [1.29, 1.82) is 0 Å². The van der Waals surface area contributed by atoms with Gasteiger partial charge < -0.3 is 15.4 Å². The van der Waals surface area contributed by atoms with Crippen LogP contribution in [-0.4, -0.2) is 32.7 Å². The van der Waals surface area contributed by atoms with Crippen LogP contribution in [0.2, 0.25) is 0 Å². The number of para-hydroxylation sites is 1. The first-order valence-corrected chi connectivity index (χ1v) is 6.77. The third-order valence-electron chi connectivity index (χ3n) is 3.79. The van der Waals surface area contributed by atoms with Crippen LogP contribution in [-0.2, 0) is 11.2 Å². The predicted octanol–water partition coefficient (Wildman–Crippen LogP) is 1.78. The van der Waals surface area contributed by atoms with Crippen LogP contribution >= 0.6 is 12.4 Å². The Hall–Kier alpha value is -1.26. The van der Waals surface area contributed by atoms with Crippen LogP contribution in [0.3, 0.4) is 0 Å². The minimum absolute atomic E-state index is 0. The highest BCUT2D eigenvalue weighted by molar-refractivity contribution is 5.85. The minimum atomic E-state index is -0.249. The summed E-state index contributed by atoms with van der Waals surface area (Å²) in [5.41, 5.74) is 0.876. The molecule has 0 saturated carbocycles. The fourth-order valence-electron chi connectivity index (χ4n) is 2.44. The number of carbonyl (C=O) groups excluding carboxylic acids is 1. The van der Waals surface area contributed by atoms with Crippen molar-refractivity contribution in [2.45, 2.75) is 19.8 Å². The maximum Gasteiger partial charge on any atom is 0.227 e. The molecule has 5 heteroatoms. The van der Waals surface area contributed by atoms with Crippen LogP contribution < -0.4 is 15.4 Å². The maximum absolute atomic E-state index is 12.1. The van der Waals surface area contributed by atoms with Crippen LogP contribution in [0.15, 0.2) is 24.3 Å². The lowest BCUT2D eigenvalue weighted by Crippen LogP contribution is -2.41.